The van der Waals surface area contributed by atoms with E-state index in [-0.39, 0.29) is 5.91 Å². The summed E-state index contributed by atoms with van der Waals surface area (Å²) in [6.45, 7) is 0.411. The Hall–Kier alpha value is -2.04. The van der Waals surface area contributed by atoms with Crippen molar-refractivity contribution in [1.82, 2.24) is 5.32 Å². The highest BCUT2D eigenvalue weighted by Crippen LogP contribution is 2.46. The van der Waals surface area contributed by atoms with Crippen molar-refractivity contribution in [3.05, 3.63) is 29.8 Å². The normalized spacial score (nSPS) is 15.6. The van der Waals surface area contributed by atoms with E-state index in [2.05, 4.69) is 5.32 Å². The van der Waals surface area contributed by atoms with Crippen molar-refractivity contribution in [2.75, 3.05) is 13.7 Å². The SMILES string of the molecule is COc1ccccc1CCNC(=O)C1(C(=O)O)CC1. The lowest BCUT2D eigenvalue weighted by Gasteiger charge is -2.12. The standard InChI is InChI=1S/C14H17NO4/c1-19-11-5-3-2-4-10(11)6-9-15-12(16)14(7-8-14)13(17)18/h2-5H,6-9H2,1H3,(H,15,16)(H,17,18). The van der Waals surface area contributed by atoms with E-state index in [9.17, 15) is 9.59 Å². The third-order valence-corrected chi connectivity index (χ3v) is 3.47. The molecule has 1 saturated carbocycles. The fourth-order valence-corrected chi connectivity index (χ4v) is 2.05. The molecule has 1 aromatic carbocycles. The first-order valence-corrected chi connectivity index (χ1v) is 6.24. The molecule has 0 aliphatic heterocycles. The number of carboxylic acids is 1. The molecule has 1 aromatic rings. The molecule has 102 valence electrons. The number of carbonyl (C=O) groups is 2. The van der Waals surface area contributed by atoms with Crippen LogP contribution in [-0.2, 0) is 16.0 Å². The summed E-state index contributed by atoms with van der Waals surface area (Å²) >= 11 is 0. The zero-order valence-corrected chi connectivity index (χ0v) is 10.8. The van der Waals surface area contributed by atoms with Crippen molar-refractivity contribution in [3.8, 4) is 5.75 Å². The summed E-state index contributed by atoms with van der Waals surface area (Å²) in [6, 6.07) is 7.57. The van der Waals surface area contributed by atoms with E-state index in [4.69, 9.17) is 9.84 Å². The number of rotatable bonds is 6. The van der Waals surface area contributed by atoms with Gasteiger partial charge in [0.15, 0.2) is 0 Å². The molecule has 1 aliphatic carbocycles. The lowest BCUT2D eigenvalue weighted by molar-refractivity contribution is -0.149. The van der Waals surface area contributed by atoms with Gasteiger partial charge in [-0.2, -0.15) is 0 Å². The van der Waals surface area contributed by atoms with E-state index in [1.165, 1.54) is 0 Å². The number of carbonyl (C=O) groups excluding carboxylic acids is 1. The number of hydrogen-bond acceptors (Lipinski definition) is 3. The molecule has 19 heavy (non-hydrogen) atoms. The minimum atomic E-state index is -1.17. The highest BCUT2D eigenvalue weighted by Gasteiger charge is 2.56. The van der Waals surface area contributed by atoms with Crippen molar-refractivity contribution < 1.29 is 19.4 Å². The van der Waals surface area contributed by atoms with Gasteiger partial charge < -0.3 is 15.2 Å². The van der Waals surface area contributed by atoms with Crippen LogP contribution in [-0.4, -0.2) is 30.6 Å². The number of methoxy groups -OCH3 is 1. The lowest BCUT2D eigenvalue weighted by Crippen LogP contribution is -2.37. The van der Waals surface area contributed by atoms with Crippen LogP contribution in [0.25, 0.3) is 0 Å². The first-order chi connectivity index (χ1) is 9.10. The molecule has 0 spiro atoms. The van der Waals surface area contributed by atoms with Crippen LogP contribution in [0.4, 0.5) is 0 Å². The average molecular weight is 263 g/mol. The van der Waals surface area contributed by atoms with Crippen molar-refractivity contribution in [1.29, 1.82) is 0 Å². The summed E-state index contributed by atoms with van der Waals surface area (Å²) in [6.07, 6.45) is 1.48. The van der Waals surface area contributed by atoms with E-state index in [0.717, 1.165) is 11.3 Å². The number of carboxylic acid groups (broad SMARTS) is 1. The fraction of sp³-hybridized carbons (Fsp3) is 0.429. The molecule has 1 amide bonds. The Morgan fingerprint density at radius 3 is 2.63 bits per heavy atom. The molecule has 0 radical (unpaired) electrons. The van der Waals surface area contributed by atoms with Crippen LogP contribution >= 0.6 is 0 Å². The molecular formula is C14H17NO4. The third-order valence-electron chi connectivity index (χ3n) is 3.47. The predicted molar refractivity (Wildman–Crippen MR) is 69.0 cm³/mol. The van der Waals surface area contributed by atoms with E-state index in [0.29, 0.717) is 25.8 Å². The summed E-state index contributed by atoms with van der Waals surface area (Å²) in [5.74, 6) is -0.631. The Kier molecular flexibility index (Phi) is 3.74. The van der Waals surface area contributed by atoms with Gasteiger partial charge in [0.05, 0.1) is 7.11 Å². The van der Waals surface area contributed by atoms with Gasteiger partial charge in [-0.3, -0.25) is 9.59 Å². The second kappa shape index (κ2) is 5.30. The monoisotopic (exact) mass is 263 g/mol. The second-order valence-corrected chi connectivity index (χ2v) is 4.71. The Bertz CT molecular complexity index is 494. The fourth-order valence-electron chi connectivity index (χ4n) is 2.05. The van der Waals surface area contributed by atoms with E-state index < -0.39 is 11.4 Å². The molecule has 0 unspecified atom stereocenters. The van der Waals surface area contributed by atoms with Gasteiger partial charge in [-0.25, -0.2) is 0 Å². The number of hydrogen-bond donors (Lipinski definition) is 2. The topological polar surface area (TPSA) is 75.6 Å². The molecular weight excluding hydrogens is 246 g/mol. The van der Waals surface area contributed by atoms with Gasteiger partial charge in [-0.1, -0.05) is 18.2 Å². The number of aliphatic carboxylic acids is 1. The molecule has 0 atom stereocenters. The van der Waals surface area contributed by atoms with E-state index >= 15 is 0 Å². The Labute approximate surface area is 111 Å². The lowest BCUT2D eigenvalue weighted by atomic mass is 10.1. The van der Waals surface area contributed by atoms with Gasteiger partial charge in [0.25, 0.3) is 0 Å². The van der Waals surface area contributed by atoms with Crippen LogP contribution < -0.4 is 10.1 Å². The maximum atomic E-state index is 11.8. The molecule has 5 heteroatoms. The molecule has 2 rings (SSSR count). The van der Waals surface area contributed by atoms with Gasteiger partial charge in [0.1, 0.15) is 11.2 Å². The Balaban J connectivity index is 1.87. The zero-order chi connectivity index (χ0) is 13.9. The smallest absolute Gasteiger partial charge is 0.319 e. The van der Waals surface area contributed by atoms with Gasteiger partial charge >= 0.3 is 5.97 Å². The Morgan fingerprint density at radius 2 is 2.05 bits per heavy atom. The summed E-state index contributed by atoms with van der Waals surface area (Å²) in [7, 11) is 1.60. The van der Waals surface area contributed by atoms with Crippen LogP contribution in [0.5, 0.6) is 5.75 Å². The highest BCUT2D eigenvalue weighted by molar-refractivity contribution is 6.04. The average Bonchev–Trinajstić information content (AvgIpc) is 3.20. The molecule has 1 aliphatic rings. The van der Waals surface area contributed by atoms with Gasteiger partial charge in [0, 0.05) is 6.54 Å². The minimum absolute atomic E-state index is 0.380. The van der Waals surface area contributed by atoms with Gasteiger partial charge in [0.2, 0.25) is 5.91 Å². The molecule has 0 saturated heterocycles. The van der Waals surface area contributed by atoms with Crippen molar-refractivity contribution >= 4 is 11.9 Å². The molecule has 2 N–H and O–H groups in total. The van der Waals surface area contributed by atoms with Crippen molar-refractivity contribution in [2.24, 2.45) is 5.41 Å². The summed E-state index contributed by atoms with van der Waals surface area (Å²) in [5, 5.41) is 11.7. The minimum Gasteiger partial charge on any atom is -0.496 e. The van der Waals surface area contributed by atoms with Crippen LogP contribution in [0.15, 0.2) is 24.3 Å². The zero-order valence-electron chi connectivity index (χ0n) is 10.8. The van der Waals surface area contributed by atoms with E-state index in [1.807, 2.05) is 24.3 Å². The molecule has 0 aromatic heterocycles. The van der Waals surface area contributed by atoms with Crippen LogP contribution in [0, 0.1) is 5.41 Å². The number of benzene rings is 1. The summed E-state index contributed by atoms with van der Waals surface area (Å²) in [4.78, 5) is 22.8. The van der Waals surface area contributed by atoms with Crippen LogP contribution in [0.2, 0.25) is 0 Å². The van der Waals surface area contributed by atoms with Crippen molar-refractivity contribution in [3.63, 3.8) is 0 Å². The number of para-hydroxylation sites is 1. The van der Waals surface area contributed by atoms with Crippen LogP contribution in [0.1, 0.15) is 18.4 Å². The predicted octanol–water partition coefficient (Wildman–Crippen LogP) is 1.22. The second-order valence-electron chi connectivity index (χ2n) is 4.71. The largest absolute Gasteiger partial charge is 0.496 e. The van der Waals surface area contributed by atoms with Crippen LogP contribution in [0.3, 0.4) is 0 Å². The van der Waals surface area contributed by atoms with Gasteiger partial charge in [-0.15, -0.1) is 0 Å². The molecule has 1 fully saturated rings. The number of amides is 1. The Morgan fingerprint density at radius 1 is 1.37 bits per heavy atom. The van der Waals surface area contributed by atoms with Gasteiger partial charge in [-0.05, 0) is 30.9 Å². The first kappa shape index (κ1) is 13.4. The summed E-state index contributed by atoms with van der Waals surface area (Å²) in [5.41, 5.74) is -0.175. The quantitative estimate of drug-likeness (QED) is 0.757. The molecule has 5 nitrogen and oxygen atoms in total. The van der Waals surface area contributed by atoms with E-state index in [1.54, 1.807) is 7.11 Å². The maximum Gasteiger partial charge on any atom is 0.319 e. The number of nitrogens with one attached hydrogen (secondary N) is 1. The molecule has 0 heterocycles. The molecule has 0 bridgehead atoms. The third kappa shape index (κ3) is 2.70. The highest BCUT2D eigenvalue weighted by atomic mass is 16.5. The number of ether oxygens (including phenoxy) is 1. The summed E-state index contributed by atoms with van der Waals surface area (Å²) < 4.78 is 5.21. The maximum absolute atomic E-state index is 11.8. The first-order valence-electron chi connectivity index (χ1n) is 6.24. The van der Waals surface area contributed by atoms with Crippen molar-refractivity contribution in [2.45, 2.75) is 19.3 Å².